The van der Waals surface area contributed by atoms with Gasteiger partial charge in [-0.1, -0.05) is 102 Å². The molecule has 0 aliphatic heterocycles. The lowest BCUT2D eigenvalue weighted by Crippen LogP contribution is -2.01. The third kappa shape index (κ3) is 5.44. The van der Waals surface area contributed by atoms with Gasteiger partial charge in [-0.05, 0) is 41.5 Å². The van der Waals surface area contributed by atoms with Crippen molar-refractivity contribution >= 4 is 47.0 Å². The van der Waals surface area contributed by atoms with Crippen molar-refractivity contribution in [3.63, 3.8) is 0 Å². The van der Waals surface area contributed by atoms with Gasteiger partial charge in [0.15, 0.2) is 0 Å². The van der Waals surface area contributed by atoms with E-state index in [1.54, 1.807) is 24.3 Å². The summed E-state index contributed by atoms with van der Waals surface area (Å²) < 4.78 is 11.7. The average Bonchev–Trinajstić information content (AvgIpc) is 3.21. The summed E-state index contributed by atoms with van der Waals surface area (Å²) in [5.74, 6) is 1.48. The molecule has 0 N–H and O–H groups in total. The lowest BCUT2D eigenvalue weighted by atomic mass is 10.0. The van der Waals surface area contributed by atoms with Gasteiger partial charge in [-0.3, -0.25) is 0 Å². The van der Waals surface area contributed by atoms with E-state index in [1.807, 2.05) is 68.5 Å². The van der Waals surface area contributed by atoms with Crippen LogP contribution in [0.25, 0.3) is 23.4 Å². The summed E-state index contributed by atoms with van der Waals surface area (Å²) in [6, 6.07) is 21.0. The zero-order chi connectivity index (χ0) is 23.4. The third-order valence-electron chi connectivity index (χ3n) is 5.15. The van der Waals surface area contributed by atoms with Crippen molar-refractivity contribution in [3.8, 4) is 17.0 Å². The molecule has 168 valence electrons. The van der Waals surface area contributed by atoms with Gasteiger partial charge < -0.3 is 9.26 Å². The number of hydrogen-bond acceptors (Lipinski definition) is 3. The number of ether oxygens (including phenoxy) is 1. The van der Waals surface area contributed by atoms with Crippen LogP contribution in [-0.2, 0) is 6.61 Å². The second-order valence-corrected chi connectivity index (χ2v) is 9.06. The van der Waals surface area contributed by atoms with Crippen molar-refractivity contribution in [2.45, 2.75) is 26.4 Å². The first-order chi connectivity index (χ1) is 15.9. The largest absolute Gasteiger partial charge is 0.489 e. The van der Waals surface area contributed by atoms with Crippen LogP contribution >= 0.6 is 34.8 Å². The van der Waals surface area contributed by atoms with Gasteiger partial charge in [-0.15, -0.1) is 0 Å². The molecule has 0 saturated heterocycles. The van der Waals surface area contributed by atoms with Crippen LogP contribution < -0.4 is 4.74 Å². The third-order valence-corrected chi connectivity index (χ3v) is 6.11. The zero-order valence-electron chi connectivity index (χ0n) is 18.2. The summed E-state index contributed by atoms with van der Waals surface area (Å²) >= 11 is 19.4. The lowest BCUT2D eigenvalue weighted by molar-refractivity contribution is 0.298. The molecule has 0 aliphatic rings. The van der Waals surface area contributed by atoms with E-state index in [2.05, 4.69) is 5.16 Å². The number of nitrogens with zero attached hydrogens (tertiary/aromatic N) is 1. The molecule has 33 heavy (non-hydrogen) atoms. The van der Waals surface area contributed by atoms with E-state index in [-0.39, 0.29) is 12.5 Å². The summed E-state index contributed by atoms with van der Waals surface area (Å²) in [5.41, 5.74) is 4.04. The first-order valence-corrected chi connectivity index (χ1v) is 11.7. The Bertz CT molecular complexity index is 1260. The molecule has 4 rings (SSSR count). The van der Waals surface area contributed by atoms with Crippen molar-refractivity contribution < 1.29 is 9.26 Å². The summed E-state index contributed by atoms with van der Waals surface area (Å²) in [7, 11) is 0. The predicted octanol–water partition coefficient (Wildman–Crippen LogP) is 9.17. The molecule has 1 aromatic heterocycles. The summed E-state index contributed by atoms with van der Waals surface area (Å²) in [6.07, 6.45) is 4.00. The molecule has 1 heterocycles. The van der Waals surface area contributed by atoms with Crippen LogP contribution in [0.2, 0.25) is 15.1 Å². The van der Waals surface area contributed by atoms with Gasteiger partial charge in [0.05, 0.1) is 20.6 Å². The van der Waals surface area contributed by atoms with Crippen molar-refractivity contribution in [1.29, 1.82) is 0 Å². The SMILES string of the molecule is CC(C)c1onc(-c2c(Cl)cccc2Cl)c1COc1ccc(/C=C/c2ccccc2)c(Cl)c1. The molecule has 0 radical (unpaired) electrons. The Morgan fingerprint density at radius 2 is 1.61 bits per heavy atom. The Hall–Kier alpha value is -2.72. The van der Waals surface area contributed by atoms with Gasteiger partial charge in [0.25, 0.3) is 0 Å². The summed E-state index contributed by atoms with van der Waals surface area (Å²) in [6.45, 7) is 4.31. The average molecular weight is 499 g/mol. The highest BCUT2D eigenvalue weighted by molar-refractivity contribution is 6.39. The quantitative estimate of drug-likeness (QED) is 0.238. The van der Waals surface area contributed by atoms with E-state index in [0.29, 0.717) is 32.1 Å². The van der Waals surface area contributed by atoms with Crippen LogP contribution in [0.4, 0.5) is 0 Å². The Morgan fingerprint density at radius 3 is 2.27 bits per heavy atom. The number of aromatic nitrogens is 1. The molecule has 3 aromatic carbocycles. The maximum absolute atomic E-state index is 6.51. The molecule has 0 amide bonds. The van der Waals surface area contributed by atoms with Crippen molar-refractivity contribution in [1.82, 2.24) is 5.16 Å². The zero-order valence-corrected chi connectivity index (χ0v) is 20.5. The highest BCUT2D eigenvalue weighted by atomic mass is 35.5. The fourth-order valence-corrected chi connectivity index (χ4v) is 4.28. The lowest BCUT2D eigenvalue weighted by Gasteiger charge is -2.11. The molecular weight excluding hydrogens is 477 g/mol. The molecule has 0 bridgehead atoms. The molecule has 0 saturated carbocycles. The molecule has 3 nitrogen and oxygen atoms in total. The Kier molecular flexibility index (Phi) is 7.44. The number of hydrogen-bond donors (Lipinski definition) is 0. The van der Waals surface area contributed by atoms with E-state index in [9.17, 15) is 0 Å². The van der Waals surface area contributed by atoms with Gasteiger partial charge in [-0.2, -0.15) is 0 Å². The minimum atomic E-state index is 0.111. The second-order valence-electron chi connectivity index (χ2n) is 7.84. The molecule has 0 aliphatic carbocycles. The van der Waals surface area contributed by atoms with E-state index in [4.69, 9.17) is 44.1 Å². The van der Waals surface area contributed by atoms with Crippen LogP contribution in [0.3, 0.4) is 0 Å². The van der Waals surface area contributed by atoms with Crippen LogP contribution in [-0.4, -0.2) is 5.16 Å². The first kappa shape index (κ1) is 23.4. The Labute approximate surface area is 208 Å². The first-order valence-electron chi connectivity index (χ1n) is 10.5. The van der Waals surface area contributed by atoms with E-state index < -0.39 is 0 Å². The van der Waals surface area contributed by atoms with Crippen molar-refractivity contribution in [2.75, 3.05) is 0 Å². The number of rotatable bonds is 7. The summed E-state index contributed by atoms with van der Waals surface area (Å²) in [5, 5.41) is 5.88. The summed E-state index contributed by atoms with van der Waals surface area (Å²) in [4.78, 5) is 0. The molecule has 0 spiro atoms. The Balaban J connectivity index is 1.57. The van der Waals surface area contributed by atoms with Crippen LogP contribution in [0.1, 0.15) is 42.2 Å². The fourth-order valence-electron chi connectivity index (χ4n) is 3.47. The molecule has 4 aromatic rings. The predicted molar refractivity (Wildman–Crippen MR) is 137 cm³/mol. The number of benzene rings is 3. The molecular formula is C27H22Cl3NO2. The minimum Gasteiger partial charge on any atom is -0.489 e. The normalized spacial score (nSPS) is 11.5. The maximum atomic E-state index is 6.51. The highest BCUT2D eigenvalue weighted by Crippen LogP contribution is 2.39. The van der Waals surface area contributed by atoms with Gasteiger partial charge in [0.2, 0.25) is 0 Å². The topological polar surface area (TPSA) is 35.3 Å². The number of halogens is 3. The minimum absolute atomic E-state index is 0.111. The van der Waals surface area contributed by atoms with Gasteiger partial charge >= 0.3 is 0 Å². The molecule has 0 atom stereocenters. The highest BCUT2D eigenvalue weighted by Gasteiger charge is 2.23. The van der Waals surface area contributed by atoms with E-state index in [0.717, 1.165) is 22.5 Å². The van der Waals surface area contributed by atoms with E-state index >= 15 is 0 Å². The van der Waals surface area contributed by atoms with Gasteiger partial charge in [-0.25, -0.2) is 0 Å². The van der Waals surface area contributed by atoms with Crippen LogP contribution in [0.15, 0.2) is 71.3 Å². The van der Waals surface area contributed by atoms with Crippen LogP contribution in [0, 0.1) is 0 Å². The standard InChI is InChI=1S/C27H22Cl3NO2/c1-17(2)27-21(26(31-33-27)25-22(28)9-6-10-23(25)29)16-32-20-14-13-19(24(30)15-20)12-11-18-7-4-3-5-8-18/h3-15,17H,16H2,1-2H3/b12-11+. The van der Waals surface area contributed by atoms with E-state index in [1.165, 1.54) is 0 Å². The smallest absolute Gasteiger partial charge is 0.146 e. The molecule has 0 unspecified atom stereocenters. The Morgan fingerprint density at radius 1 is 0.879 bits per heavy atom. The van der Waals surface area contributed by atoms with Crippen LogP contribution in [0.5, 0.6) is 5.75 Å². The molecule has 0 fully saturated rings. The fraction of sp³-hybridized carbons (Fsp3) is 0.148. The van der Waals surface area contributed by atoms with Gasteiger partial charge in [0, 0.05) is 11.5 Å². The second kappa shape index (κ2) is 10.5. The monoisotopic (exact) mass is 497 g/mol. The van der Waals surface area contributed by atoms with Gasteiger partial charge in [0.1, 0.15) is 23.8 Å². The van der Waals surface area contributed by atoms with Crippen molar-refractivity contribution in [3.05, 3.63) is 104 Å². The molecule has 6 heteroatoms. The van der Waals surface area contributed by atoms with Crippen molar-refractivity contribution in [2.24, 2.45) is 0 Å². The maximum Gasteiger partial charge on any atom is 0.146 e.